The Balaban J connectivity index is 1.94. The van der Waals surface area contributed by atoms with E-state index >= 15 is 0 Å². The van der Waals surface area contributed by atoms with Crippen LogP contribution in [0.2, 0.25) is 0 Å². The maximum absolute atomic E-state index is 5.63. The first-order valence-electron chi connectivity index (χ1n) is 6.09. The Kier molecular flexibility index (Phi) is 4.51. The monoisotopic (exact) mass is 279 g/mol. The molecule has 0 bridgehead atoms. The highest BCUT2D eigenvalue weighted by Gasteiger charge is 2.05. The number of ether oxygens (including phenoxy) is 1. The highest BCUT2D eigenvalue weighted by molar-refractivity contribution is 7.09. The van der Waals surface area contributed by atoms with Crippen LogP contribution in [0.3, 0.4) is 0 Å². The van der Waals surface area contributed by atoms with Crippen molar-refractivity contribution in [1.29, 1.82) is 0 Å². The Morgan fingerprint density at radius 1 is 1.42 bits per heavy atom. The summed E-state index contributed by atoms with van der Waals surface area (Å²) in [7, 11) is 0. The summed E-state index contributed by atoms with van der Waals surface area (Å²) >= 11 is 1.64. The number of aromatic nitrogens is 3. The normalized spacial score (nSPS) is 10.4. The van der Waals surface area contributed by atoms with Crippen LogP contribution < -0.4 is 15.8 Å². The minimum atomic E-state index is 0.211. The third-order valence-corrected chi connectivity index (χ3v) is 3.50. The molecular formula is C12H17N5OS. The van der Waals surface area contributed by atoms with Crippen molar-refractivity contribution in [3.05, 3.63) is 22.1 Å². The number of nitrogens with zero attached hydrogens (tertiary/aromatic N) is 3. The summed E-state index contributed by atoms with van der Waals surface area (Å²) in [5.74, 6) is 1.38. The summed E-state index contributed by atoms with van der Waals surface area (Å²) in [6.45, 7) is 5.31. The van der Waals surface area contributed by atoms with Crippen LogP contribution in [-0.4, -0.2) is 28.1 Å². The quantitative estimate of drug-likeness (QED) is 0.839. The van der Waals surface area contributed by atoms with Crippen LogP contribution >= 0.6 is 11.3 Å². The van der Waals surface area contributed by atoms with Gasteiger partial charge in [-0.05, 0) is 13.8 Å². The lowest BCUT2D eigenvalue weighted by atomic mass is 10.3. The predicted octanol–water partition coefficient (Wildman–Crippen LogP) is 1.88. The van der Waals surface area contributed by atoms with Gasteiger partial charge in [-0.2, -0.15) is 9.97 Å². The van der Waals surface area contributed by atoms with E-state index in [0.29, 0.717) is 18.3 Å². The molecule has 2 aromatic rings. The molecular weight excluding hydrogens is 262 g/mol. The van der Waals surface area contributed by atoms with Crippen molar-refractivity contribution in [3.8, 4) is 5.88 Å². The third kappa shape index (κ3) is 3.78. The van der Waals surface area contributed by atoms with E-state index < -0.39 is 0 Å². The lowest BCUT2D eigenvalue weighted by molar-refractivity contribution is 0.310. The Morgan fingerprint density at radius 2 is 2.26 bits per heavy atom. The number of anilines is 2. The lowest BCUT2D eigenvalue weighted by Gasteiger charge is -2.08. The zero-order valence-corrected chi connectivity index (χ0v) is 11.8. The summed E-state index contributed by atoms with van der Waals surface area (Å²) in [5, 5.41) is 3.08. The van der Waals surface area contributed by atoms with Gasteiger partial charge in [0.25, 0.3) is 0 Å². The zero-order valence-electron chi connectivity index (χ0n) is 11.0. The van der Waals surface area contributed by atoms with Crippen molar-refractivity contribution in [2.75, 3.05) is 24.2 Å². The molecule has 0 unspecified atom stereocenters. The maximum Gasteiger partial charge on any atom is 0.225 e. The van der Waals surface area contributed by atoms with Gasteiger partial charge in [0.2, 0.25) is 11.8 Å². The molecule has 19 heavy (non-hydrogen) atoms. The highest BCUT2D eigenvalue weighted by Crippen LogP contribution is 2.16. The van der Waals surface area contributed by atoms with Crippen LogP contribution in [0.5, 0.6) is 5.88 Å². The number of nitrogens with one attached hydrogen (secondary N) is 1. The summed E-state index contributed by atoms with van der Waals surface area (Å²) in [6, 6.07) is 1.75. The SMILES string of the molecule is CCNc1cc(OCCc2scnc2C)nc(N)n1. The Labute approximate surface area is 116 Å². The van der Waals surface area contributed by atoms with Crippen LogP contribution in [0.1, 0.15) is 17.5 Å². The number of aryl methyl sites for hydroxylation is 1. The molecule has 0 aromatic carbocycles. The van der Waals surface area contributed by atoms with E-state index in [2.05, 4.69) is 20.3 Å². The standard InChI is InChI=1S/C12H17N5OS/c1-3-14-10-6-11(17-12(13)16-10)18-5-4-9-8(2)15-7-19-9/h6-7H,3-5H2,1-2H3,(H3,13,14,16,17). The molecule has 0 amide bonds. The molecule has 6 nitrogen and oxygen atoms in total. The molecule has 0 atom stereocenters. The molecule has 102 valence electrons. The topological polar surface area (TPSA) is 86.0 Å². The van der Waals surface area contributed by atoms with E-state index in [-0.39, 0.29) is 5.95 Å². The number of rotatable bonds is 6. The predicted molar refractivity (Wildman–Crippen MR) is 76.7 cm³/mol. The minimum absolute atomic E-state index is 0.211. The minimum Gasteiger partial charge on any atom is -0.477 e. The molecule has 2 rings (SSSR count). The fraction of sp³-hybridized carbons (Fsp3) is 0.417. The van der Waals surface area contributed by atoms with Gasteiger partial charge in [0.15, 0.2) is 0 Å². The third-order valence-electron chi connectivity index (χ3n) is 2.50. The number of hydrogen-bond acceptors (Lipinski definition) is 7. The molecule has 2 heterocycles. The highest BCUT2D eigenvalue weighted by atomic mass is 32.1. The van der Waals surface area contributed by atoms with E-state index in [0.717, 1.165) is 18.7 Å². The molecule has 0 aliphatic heterocycles. The molecule has 3 N–H and O–H groups in total. The number of nitrogens with two attached hydrogens (primary N) is 1. The lowest BCUT2D eigenvalue weighted by Crippen LogP contribution is -2.07. The molecule has 0 saturated carbocycles. The average molecular weight is 279 g/mol. The van der Waals surface area contributed by atoms with Gasteiger partial charge in [0, 0.05) is 23.9 Å². The summed E-state index contributed by atoms with van der Waals surface area (Å²) in [4.78, 5) is 13.5. The molecule has 2 aromatic heterocycles. The second-order valence-electron chi connectivity index (χ2n) is 3.94. The first-order chi connectivity index (χ1) is 9.19. The Hall–Kier alpha value is -1.89. The molecule has 0 aliphatic rings. The first kappa shape index (κ1) is 13.5. The van der Waals surface area contributed by atoms with Crippen LogP contribution in [0.4, 0.5) is 11.8 Å². The largest absolute Gasteiger partial charge is 0.477 e. The van der Waals surface area contributed by atoms with E-state index in [1.54, 1.807) is 17.4 Å². The van der Waals surface area contributed by atoms with Gasteiger partial charge in [-0.1, -0.05) is 0 Å². The van der Waals surface area contributed by atoms with Gasteiger partial charge in [-0.3, -0.25) is 0 Å². The van der Waals surface area contributed by atoms with Crippen LogP contribution in [0.25, 0.3) is 0 Å². The average Bonchev–Trinajstić information content (AvgIpc) is 2.75. The van der Waals surface area contributed by atoms with E-state index in [4.69, 9.17) is 10.5 Å². The molecule has 0 saturated heterocycles. The Morgan fingerprint density at radius 3 is 2.95 bits per heavy atom. The first-order valence-corrected chi connectivity index (χ1v) is 6.97. The van der Waals surface area contributed by atoms with E-state index in [1.807, 2.05) is 19.4 Å². The van der Waals surface area contributed by atoms with Gasteiger partial charge in [-0.15, -0.1) is 11.3 Å². The smallest absolute Gasteiger partial charge is 0.225 e. The number of hydrogen-bond donors (Lipinski definition) is 2. The van der Waals surface area contributed by atoms with Gasteiger partial charge in [0.1, 0.15) is 5.82 Å². The number of nitrogen functional groups attached to an aromatic ring is 1. The van der Waals surface area contributed by atoms with Gasteiger partial charge < -0.3 is 15.8 Å². The zero-order chi connectivity index (χ0) is 13.7. The fourth-order valence-electron chi connectivity index (χ4n) is 1.60. The Bertz CT molecular complexity index is 543. The number of thiazole rings is 1. The van der Waals surface area contributed by atoms with Crippen LogP contribution in [0, 0.1) is 6.92 Å². The maximum atomic E-state index is 5.63. The molecule has 0 aliphatic carbocycles. The molecule has 0 spiro atoms. The van der Waals surface area contributed by atoms with Crippen molar-refractivity contribution in [2.24, 2.45) is 0 Å². The second-order valence-corrected chi connectivity index (χ2v) is 4.88. The second kappa shape index (κ2) is 6.33. The van der Waals surface area contributed by atoms with Gasteiger partial charge in [0.05, 0.1) is 17.8 Å². The molecule has 0 fully saturated rings. The molecule has 7 heteroatoms. The van der Waals surface area contributed by atoms with Crippen molar-refractivity contribution < 1.29 is 4.74 Å². The van der Waals surface area contributed by atoms with Crippen LogP contribution in [0.15, 0.2) is 11.6 Å². The molecule has 0 radical (unpaired) electrons. The van der Waals surface area contributed by atoms with E-state index in [9.17, 15) is 0 Å². The van der Waals surface area contributed by atoms with Crippen molar-refractivity contribution >= 4 is 23.1 Å². The van der Waals surface area contributed by atoms with Crippen LogP contribution in [-0.2, 0) is 6.42 Å². The van der Waals surface area contributed by atoms with Crippen molar-refractivity contribution in [2.45, 2.75) is 20.3 Å². The fourth-order valence-corrected chi connectivity index (χ4v) is 2.37. The van der Waals surface area contributed by atoms with Crippen molar-refractivity contribution in [3.63, 3.8) is 0 Å². The summed E-state index contributed by atoms with van der Waals surface area (Å²) in [6.07, 6.45) is 0.816. The van der Waals surface area contributed by atoms with Gasteiger partial charge in [-0.25, -0.2) is 4.98 Å². The van der Waals surface area contributed by atoms with Gasteiger partial charge >= 0.3 is 0 Å². The summed E-state index contributed by atoms with van der Waals surface area (Å²) in [5.41, 5.74) is 8.53. The summed E-state index contributed by atoms with van der Waals surface area (Å²) < 4.78 is 5.61. The van der Waals surface area contributed by atoms with Crippen molar-refractivity contribution in [1.82, 2.24) is 15.0 Å². The van der Waals surface area contributed by atoms with E-state index in [1.165, 1.54) is 4.88 Å².